The summed E-state index contributed by atoms with van der Waals surface area (Å²) in [4.78, 5) is 2.37. The van der Waals surface area contributed by atoms with Crippen molar-refractivity contribution in [2.24, 2.45) is 0 Å². The van der Waals surface area contributed by atoms with Crippen LogP contribution in [0.15, 0.2) is 0 Å². The molecule has 70 valence electrons. The first kappa shape index (κ1) is 8.48. The Bertz CT molecular complexity index is 160. The molecule has 2 saturated heterocycles. The van der Waals surface area contributed by atoms with Gasteiger partial charge in [-0.15, -0.1) is 0 Å². The van der Waals surface area contributed by atoms with Crippen LogP contribution in [-0.2, 0) is 4.74 Å². The molecule has 0 aliphatic carbocycles. The first-order valence-corrected chi connectivity index (χ1v) is 4.81. The molecule has 12 heavy (non-hydrogen) atoms. The van der Waals surface area contributed by atoms with Crippen LogP contribution in [0.1, 0.15) is 19.8 Å². The highest BCUT2D eigenvalue weighted by atomic mass is 16.6. The highest BCUT2D eigenvalue weighted by Crippen LogP contribution is 2.33. The van der Waals surface area contributed by atoms with Gasteiger partial charge in [0.25, 0.3) is 0 Å². The summed E-state index contributed by atoms with van der Waals surface area (Å²) >= 11 is 0. The summed E-state index contributed by atoms with van der Waals surface area (Å²) in [6, 6.07) is 0. The third-order valence-electron chi connectivity index (χ3n) is 3.10. The third kappa shape index (κ3) is 1.49. The predicted molar refractivity (Wildman–Crippen MR) is 46.0 cm³/mol. The molecule has 2 aliphatic rings. The molecule has 2 heterocycles. The van der Waals surface area contributed by atoms with Crippen molar-refractivity contribution in [1.29, 1.82) is 0 Å². The van der Waals surface area contributed by atoms with E-state index in [9.17, 15) is 5.11 Å². The zero-order chi connectivity index (χ0) is 8.60. The largest absolute Gasteiger partial charge is 0.387 e. The van der Waals surface area contributed by atoms with E-state index in [-0.39, 0.29) is 6.10 Å². The van der Waals surface area contributed by atoms with Crippen LogP contribution >= 0.6 is 0 Å². The fourth-order valence-corrected chi connectivity index (χ4v) is 1.94. The minimum atomic E-state index is -0.494. The maximum Gasteiger partial charge on any atom is 0.110 e. The van der Waals surface area contributed by atoms with Crippen LogP contribution in [0.2, 0.25) is 0 Å². The second-order valence-corrected chi connectivity index (χ2v) is 3.86. The van der Waals surface area contributed by atoms with Crippen molar-refractivity contribution in [3.05, 3.63) is 0 Å². The summed E-state index contributed by atoms with van der Waals surface area (Å²) in [5, 5.41) is 10.1. The summed E-state index contributed by atoms with van der Waals surface area (Å²) < 4.78 is 5.15. The number of epoxide rings is 1. The third-order valence-corrected chi connectivity index (χ3v) is 3.10. The number of piperidine rings is 1. The summed E-state index contributed by atoms with van der Waals surface area (Å²) in [5.74, 6) is 0. The molecule has 3 nitrogen and oxygen atoms in total. The molecular formula is C9H17NO2. The van der Waals surface area contributed by atoms with Crippen LogP contribution in [0.4, 0.5) is 0 Å². The van der Waals surface area contributed by atoms with Gasteiger partial charge >= 0.3 is 0 Å². The minimum absolute atomic E-state index is 0.150. The molecule has 0 radical (unpaired) electrons. The summed E-state index contributed by atoms with van der Waals surface area (Å²) in [6.07, 6.45) is 1.91. The lowest BCUT2D eigenvalue weighted by molar-refractivity contribution is -0.0403. The van der Waals surface area contributed by atoms with Gasteiger partial charge in [-0.05, 0) is 19.4 Å². The zero-order valence-corrected chi connectivity index (χ0v) is 7.62. The van der Waals surface area contributed by atoms with Crippen molar-refractivity contribution >= 4 is 0 Å². The van der Waals surface area contributed by atoms with E-state index in [1.165, 1.54) is 0 Å². The first-order valence-electron chi connectivity index (χ1n) is 4.81. The van der Waals surface area contributed by atoms with Crippen LogP contribution in [0.3, 0.4) is 0 Å². The van der Waals surface area contributed by atoms with Gasteiger partial charge in [-0.3, -0.25) is 0 Å². The number of hydrogen-bond donors (Lipinski definition) is 1. The fraction of sp³-hybridized carbons (Fsp3) is 1.00. The topological polar surface area (TPSA) is 36.0 Å². The molecule has 0 aromatic carbocycles. The molecule has 1 atom stereocenters. The van der Waals surface area contributed by atoms with E-state index in [0.29, 0.717) is 0 Å². The van der Waals surface area contributed by atoms with Crippen molar-refractivity contribution in [3.8, 4) is 0 Å². The highest BCUT2D eigenvalue weighted by Gasteiger charge is 2.46. The standard InChI is InChI=1S/C9H17NO2/c1-2-10-5-3-9(11,4-6-10)8-7-12-8/h8,11H,2-7H2,1H3. The summed E-state index contributed by atoms with van der Waals surface area (Å²) in [7, 11) is 0. The molecule has 3 heteroatoms. The fourth-order valence-electron chi connectivity index (χ4n) is 1.94. The lowest BCUT2D eigenvalue weighted by Gasteiger charge is -2.36. The van der Waals surface area contributed by atoms with E-state index >= 15 is 0 Å². The molecular weight excluding hydrogens is 154 g/mol. The van der Waals surface area contributed by atoms with Gasteiger partial charge in [-0.1, -0.05) is 6.92 Å². The van der Waals surface area contributed by atoms with Crippen molar-refractivity contribution in [3.63, 3.8) is 0 Å². The van der Waals surface area contributed by atoms with E-state index in [1.54, 1.807) is 0 Å². The number of likely N-dealkylation sites (tertiary alicyclic amines) is 1. The van der Waals surface area contributed by atoms with Crippen LogP contribution in [0, 0.1) is 0 Å². The van der Waals surface area contributed by atoms with Gasteiger partial charge in [0, 0.05) is 13.1 Å². The number of rotatable bonds is 2. The van der Waals surface area contributed by atoms with Crippen molar-refractivity contribution in [1.82, 2.24) is 4.90 Å². The molecule has 0 saturated carbocycles. The molecule has 0 bridgehead atoms. The van der Waals surface area contributed by atoms with Crippen molar-refractivity contribution < 1.29 is 9.84 Å². The van der Waals surface area contributed by atoms with Gasteiger partial charge in [0.1, 0.15) is 6.10 Å². The Morgan fingerprint density at radius 3 is 2.50 bits per heavy atom. The second kappa shape index (κ2) is 2.98. The normalized spacial score (nSPS) is 35.0. The van der Waals surface area contributed by atoms with Crippen LogP contribution in [0.25, 0.3) is 0 Å². The maximum absolute atomic E-state index is 10.1. The van der Waals surface area contributed by atoms with Crippen LogP contribution in [0.5, 0.6) is 0 Å². The van der Waals surface area contributed by atoms with Gasteiger partial charge < -0.3 is 14.7 Å². The molecule has 0 amide bonds. The van der Waals surface area contributed by atoms with E-state index in [2.05, 4.69) is 11.8 Å². The lowest BCUT2D eigenvalue weighted by Crippen LogP contribution is -2.47. The molecule has 1 N–H and O–H groups in total. The molecule has 1 unspecified atom stereocenters. The van der Waals surface area contributed by atoms with Gasteiger partial charge in [-0.25, -0.2) is 0 Å². The number of hydrogen-bond acceptors (Lipinski definition) is 3. The first-order chi connectivity index (χ1) is 5.74. The van der Waals surface area contributed by atoms with E-state index in [1.807, 2.05) is 0 Å². The molecule has 0 aromatic rings. The van der Waals surface area contributed by atoms with Crippen LogP contribution < -0.4 is 0 Å². The quantitative estimate of drug-likeness (QED) is 0.604. The zero-order valence-electron chi connectivity index (χ0n) is 7.62. The number of nitrogens with zero attached hydrogens (tertiary/aromatic N) is 1. The second-order valence-electron chi connectivity index (χ2n) is 3.86. The maximum atomic E-state index is 10.1. The summed E-state index contributed by atoms with van der Waals surface area (Å²) in [6.45, 7) is 6.07. The average molecular weight is 171 g/mol. The Morgan fingerprint density at radius 2 is 2.08 bits per heavy atom. The van der Waals surface area contributed by atoms with Gasteiger partial charge in [-0.2, -0.15) is 0 Å². The molecule has 2 rings (SSSR count). The SMILES string of the molecule is CCN1CCC(O)(C2CO2)CC1. The minimum Gasteiger partial charge on any atom is -0.387 e. The summed E-state index contributed by atoms with van der Waals surface area (Å²) in [5.41, 5.74) is -0.494. The van der Waals surface area contributed by atoms with Gasteiger partial charge in [0.15, 0.2) is 0 Å². The van der Waals surface area contributed by atoms with E-state index < -0.39 is 5.60 Å². The Balaban J connectivity index is 1.87. The predicted octanol–water partition coefficient (Wildman–Crippen LogP) is 0.232. The molecule has 2 fully saturated rings. The number of ether oxygens (including phenoxy) is 1. The monoisotopic (exact) mass is 171 g/mol. The Labute approximate surface area is 73.3 Å². The Hall–Kier alpha value is -0.120. The molecule has 0 spiro atoms. The smallest absolute Gasteiger partial charge is 0.110 e. The van der Waals surface area contributed by atoms with Crippen LogP contribution in [-0.4, -0.2) is 48.0 Å². The lowest BCUT2D eigenvalue weighted by atomic mass is 9.88. The average Bonchev–Trinajstić information content (AvgIpc) is 2.88. The Kier molecular flexibility index (Phi) is 2.10. The van der Waals surface area contributed by atoms with Gasteiger partial charge in [0.2, 0.25) is 0 Å². The highest BCUT2D eigenvalue weighted by molar-refractivity contribution is 4.97. The van der Waals surface area contributed by atoms with Crippen molar-refractivity contribution in [2.75, 3.05) is 26.2 Å². The number of aliphatic hydroxyl groups is 1. The molecule has 2 aliphatic heterocycles. The Morgan fingerprint density at radius 1 is 1.50 bits per heavy atom. The van der Waals surface area contributed by atoms with E-state index in [4.69, 9.17) is 4.74 Å². The van der Waals surface area contributed by atoms with Gasteiger partial charge in [0.05, 0.1) is 12.2 Å². The van der Waals surface area contributed by atoms with E-state index in [0.717, 1.165) is 39.1 Å². The van der Waals surface area contributed by atoms with Crippen molar-refractivity contribution in [2.45, 2.75) is 31.5 Å². The molecule has 0 aromatic heterocycles.